The Morgan fingerprint density at radius 3 is 2.78 bits per heavy atom. The van der Waals surface area contributed by atoms with Crippen LogP contribution in [0, 0.1) is 0 Å². The van der Waals surface area contributed by atoms with Crippen LogP contribution in [-0.2, 0) is 6.54 Å². The average molecular weight is 267 g/mol. The second-order valence-corrected chi connectivity index (χ2v) is 5.53. The Bertz CT molecular complexity index is 331. The molecule has 1 atom stereocenters. The largest absolute Gasteiger partial charge is 0.314 e. The predicted molar refractivity (Wildman–Crippen MR) is 78.0 cm³/mol. The number of benzene rings is 1. The van der Waals surface area contributed by atoms with Gasteiger partial charge in [0.15, 0.2) is 0 Å². The van der Waals surface area contributed by atoms with E-state index in [4.69, 9.17) is 11.6 Å². The van der Waals surface area contributed by atoms with Gasteiger partial charge in [0.25, 0.3) is 0 Å². The molecular weight excluding hydrogens is 244 g/mol. The predicted octanol–water partition coefficient (Wildman–Crippen LogP) is 3.35. The van der Waals surface area contributed by atoms with Crippen molar-refractivity contribution < 1.29 is 0 Å². The van der Waals surface area contributed by atoms with Crippen molar-refractivity contribution in [2.24, 2.45) is 0 Å². The molecule has 1 aliphatic rings. The lowest BCUT2D eigenvalue weighted by Crippen LogP contribution is -2.21. The summed E-state index contributed by atoms with van der Waals surface area (Å²) in [5, 5.41) is 7.84. The van der Waals surface area contributed by atoms with Gasteiger partial charge in [0, 0.05) is 17.6 Å². The number of halogens is 1. The van der Waals surface area contributed by atoms with Gasteiger partial charge in [-0.2, -0.15) is 0 Å². The molecule has 2 nitrogen and oxygen atoms in total. The van der Waals surface area contributed by atoms with Crippen LogP contribution in [0.4, 0.5) is 0 Å². The first kappa shape index (κ1) is 13.9. The molecule has 2 rings (SSSR count). The maximum atomic E-state index is 5.85. The first-order chi connectivity index (χ1) is 8.84. The number of hydrogen-bond acceptors (Lipinski definition) is 2. The summed E-state index contributed by atoms with van der Waals surface area (Å²) in [6.07, 6.45) is 6.66. The van der Waals surface area contributed by atoms with Gasteiger partial charge in [-0.05, 0) is 56.5 Å². The van der Waals surface area contributed by atoms with Gasteiger partial charge in [-0.3, -0.25) is 0 Å². The fraction of sp³-hybridized carbons (Fsp3) is 0.600. The van der Waals surface area contributed by atoms with Gasteiger partial charge in [0.2, 0.25) is 0 Å². The summed E-state index contributed by atoms with van der Waals surface area (Å²) in [6, 6.07) is 8.85. The van der Waals surface area contributed by atoms with E-state index in [0.29, 0.717) is 0 Å². The summed E-state index contributed by atoms with van der Waals surface area (Å²) >= 11 is 5.85. The van der Waals surface area contributed by atoms with Crippen LogP contribution in [0.2, 0.25) is 5.02 Å². The van der Waals surface area contributed by atoms with E-state index in [1.54, 1.807) is 0 Å². The van der Waals surface area contributed by atoms with Gasteiger partial charge >= 0.3 is 0 Å². The highest BCUT2D eigenvalue weighted by Crippen LogP contribution is 2.12. The van der Waals surface area contributed by atoms with Crippen LogP contribution in [0.1, 0.15) is 37.7 Å². The summed E-state index contributed by atoms with van der Waals surface area (Å²) in [5.74, 6) is 0. The monoisotopic (exact) mass is 266 g/mol. The molecule has 1 heterocycles. The van der Waals surface area contributed by atoms with Crippen LogP contribution in [-0.4, -0.2) is 19.1 Å². The molecule has 0 unspecified atom stereocenters. The molecule has 0 aliphatic carbocycles. The average Bonchev–Trinajstić information content (AvgIpc) is 2.89. The minimum Gasteiger partial charge on any atom is -0.314 e. The van der Waals surface area contributed by atoms with Crippen molar-refractivity contribution in [2.75, 3.05) is 13.1 Å². The van der Waals surface area contributed by atoms with E-state index in [1.807, 2.05) is 12.1 Å². The van der Waals surface area contributed by atoms with Crippen molar-refractivity contribution in [3.05, 3.63) is 34.9 Å². The molecule has 1 aliphatic heterocycles. The van der Waals surface area contributed by atoms with Crippen LogP contribution in [0.25, 0.3) is 0 Å². The maximum Gasteiger partial charge on any atom is 0.0406 e. The molecule has 0 radical (unpaired) electrons. The zero-order chi connectivity index (χ0) is 12.6. The van der Waals surface area contributed by atoms with E-state index < -0.39 is 0 Å². The lowest BCUT2D eigenvalue weighted by molar-refractivity contribution is 0.510. The number of rotatable bonds is 7. The summed E-state index contributed by atoms with van der Waals surface area (Å²) in [4.78, 5) is 0. The highest BCUT2D eigenvalue weighted by Gasteiger charge is 2.12. The second kappa shape index (κ2) is 7.78. The maximum absolute atomic E-state index is 5.85. The molecule has 0 bridgehead atoms. The molecule has 2 N–H and O–H groups in total. The Morgan fingerprint density at radius 1 is 1.22 bits per heavy atom. The van der Waals surface area contributed by atoms with Gasteiger partial charge in [-0.15, -0.1) is 0 Å². The Balaban J connectivity index is 1.49. The molecule has 1 aromatic carbocycles. The smallest absolute Gasteiger partial charge is 0.0406 e. The first-order valence-corrected chi connectivity index (χ1v) is 7.41. The van der Waals surface area contributed by atoms with Gasteiger partial charge in [0.1, 0.15) is 0 Å². The zero-order valence-electron chi connectivity index (χ0n) is 10.9. The second-order valence-electron chi connectivity index (χ2n) is 5.09. The quantitative estimate of drug-likeness (QED) is 0.740. The molecule has 1 saturated heterocycles. The van der Waals surface area contributed by atoms with E-state index in [0.717, 1.165) is 24.2 Å². The third-order valence-corrected chi connectivity index (χ3v) is 3.81. The Labute approximate surface area is 115 Å². The van der Waals surface area contributed by atoms with Crippen molar-refractivity contribution in [1.29, 1.82) is 0 Å². The van der Waals surface area contributed by atoms with Crippen LogP contribution < -0.4 is 10.6 Å². The van der Waals surface area contributed by atoms with Crippen molar-refractivity contribution >= 4 is 11.6 Å². The molecule has 1 aromatic rings. The Morgan fingerprint density at radius 2 is 2.06 bits per heavy atom. The standard InChI is InChI=1S/C15H23ClN2/c16-14-8-6-13(7-9-14)12-17-10-2-1-4-15-5-3-11-18-15/h6-9,15,17-18H,1-5,10-12H2/t15-/m0/s1. The fourth-order valence-corrected chi connectivity index (χ4v) is 2.60. The minimum atomic E-state index is 0.793. The van der Waals surface area contributed by atoms with E-state index >= 15 is 0 Å². The number of hydrogen-bond donors (Lipinski definition) is 2. The molecule has 0 amide bonds. The van der Waals surface area contributed by atoms with E-state index in [-0.39, 0.29) is 0 Å². The van der Waals surface area contributed by atoms with Crippen LogP contribution >= 0.6 is 11.6 Å². The summed E-state index contributed by atoms with van der Waals surface area (Å²) in [6.45, 7) is 3.27. The van der Waals surface area contributed by atoms with E-state index in [2.05, 4.69) is 22.8 Å². The molecule has 100 valence electrons. The van der Waals surface area contributed by atoms with Crippen molar-refractivity contribution in [1.82, 2.24) is 10.6 Å². The first-order valence-electron chi connectivity index (χ1n) is 7.03. The lowest BCUT2D eigenvalue weighted by Gasteiger charge is -2.09. The van der Waals surface area contributed by atoms with Crippen molar-refractivity contribution in [3.8, 4) is 0 Å². The lowest BCUT2D eigenvalue weighted by atomic mass is 10.1. The zero-order valence-corrected chi connectivity index (χ0v) is 11.7. The fourth-order valence-electron chi connectivity index (χ4n) is 2.48. The summed E-state index contributed by atoms with van der Waals surface area (Å²) in [7, 11) is 0. The number of nitrogens with one attached hydrogen (secondary N) is 2. The molecule has 1 fully saturated rings. The van der Waals surface area contributed by atoms with Gasteiger partial charge < -0.3 is 10.6 Å². The third kappa shape index (κ3) is 4.97. The minimum absolute atomic E-state index is 0.793. The third-order valence-electron chi connectivity index (χ3n) is 3.56. The Hall–Kier alpha value is -0.570. The normalized spacial score (nSPS) is 19.3. The highest BCUT2D eigenvalue weighted by atomic mass is 35.5. The molecule has 0 saturated carbocycles. The molecular formula is C15H23ClN2. The van der Waals surface area contributed by atoms with Crippen LogP contribution in [0.3, 0.4) is 0 Å². The summed E-state index contributed by atoms with van der Waals surface area (Å²) < 4.78 is 0. The van der Waals surface area contributed by atoms with E-state index in [9.17, 15) is 0 Å². The molecule has 0 spiro atoms. The number of unbranched alkanes of at least 4 members (excludes halogenated alkanes) is 1. The summed E-state index contributed by atoms with van der Waals surface area (Å²) in [5.41, 5.74) is 1.30. The van der Waals surface area contributed by atoms with Crippen LogP contribution in [0.5, 0.6) is 0 Å². The van der Waals surface area contributed by atoms with Crippen molar-refractivity contribution in [3.63, 3.8) is 0 Å². The Kier molecular flexibility index (Phi) is 5.98. The van der Waals surface area contributed by atoms with Crippen molar-refractivity contribution in [2.45, 2.75) is 44.7 Å². The topological polar surface area (TPSA) is 24.1 Å². The molecule has 0 aromatic heterocycles. The highest BCUT2D eigenvalue weighted by molar-refractivity contribution is 6.30. The van der Waals surface area contributed by atoms with E-state index in [1.165, 1.54) is 44.2 Å². The van der Waals surface area contributed by atoms with Gasteiger partial charge in [-0.25, -0.2) is 0 Å². The molecule has 3 heteroatoms. The van der Waals surface area contributed by atoms with Crippen LogP contribution in [0.15, 0.2) is 24.3 Å². The SMILES string of the molecule is Clc1ccc(CNCCCC[C@H]2CCCN2)cc1. The van der Waals surface area contributed by atoms with Gasteiger partial charge in [0.05, 0.1) is 0 Å². The molecule has 18 heavy (non-hydrogen) atoms. The van der Waals surface area contributed by atoms with Gasteiger partial charge in [-0.1, -0.05) is 30.2 Å².